The standard InChI is InChI=1S/C15H24N2O3S3/c1-14(2)10-5-6-15(14)9-23(19,20)17(11(15)7-10)12(18)8-16-13(21-3)22-4/h10-11H,5-9H2,1-4H3/t10-,11-,15-/m1/s1. The van der Waals surface area contributed by atoms with Crippen LogP contribution >= 0.6 is 23.5 Å². The van der Waals surface area contributed by atoms with E-state index >= 15 is 0 Å². The summed E-state index contributed by atoms with van der Waals surface area (Å²) in [6, 6.07) is -0.157. The number of carbonyl (C=O) groups is 1. The molecule has 2 saturated carbocycles. The molecular weight excluding hydrogens is 352 g/mol. The highest BCUT2D eigenvalue weighted by Gasteiger charge is 2.72. The Labute approximate surface area is 147 Å². The van der Waals surface area contributed by atoms with Gasteiger partial charge in [-0.3, -0.25) is 9.79 Å². The number of carbonyl (C=O) groups excluding carboxylic acids is 1. The Morgan fingerprint density at radius 1 is 1.30 bits per heavy atom. The molecule has 0 radical (unpaired) electrons. The number of nitrogens with zero attached hydrogens (tertiary/aromatic N) is 2. The topological polar surface area (TPSA) is 66.8 Å². The SMILES string of the molecule is CSC(=NCC(=O)N1[C@@H]2C[C@H]3CC[C@]2(CS1(=O)=O)C3(C)C)SC. The lowest BCUT2D eigenvalue weighted by molar-refractivity contribution is -0.127. The number of aliphatic imine (C=N–C) groups is 1. The highest BCUT2D eigenvalue weighted by Crippen LogP contribution is 2.69. The quantitative estimate of drug-likeness (QED) is 0.547. The van der Waals surface area contributed by atoms with Crippen LogP contribution in [0.4, 0.5) is 0 Å². The third kappa shape index (κ3) is 2.39. The molecule has 2 aliphatic carbocycles. The van der Waals surface area contributed by atoms with Crippen LogP contribution in [0.2, 0.25) is 0 Å². The first-order valence-corrected chi connectivity index (χ1v) is 11.9. The molecule has 23 heavy (non-hydrogen) atoms. The highest BCUT2D eigenvalue weighted by atomic mass is 32.2. The molecule has 1 saturated heterocycles. The highest BCUT2D eigenvalue weighted by molar-refractivity contribution is 8.38. The minimum atomic E-state index is -3.52. The van der Waals surface area contributed by atoms with Crippen molar-refractivity contribution in [1.82, 2.24) is 4.31 Å². The van der Waals surface area contributed by atoms with Gasteiger partial charge in [-0.05, 0) is 43.1 Å². The molecule has 0 unspecified atom stereocenters. The Bertz CT molecular complexity index is 653. The fourth-order valence-electron chi connectivity index (χ4n) is 5.03. The molecule has 130 valence electrons. The Hall–Kier alpha value is -0.210. The van der Waals surface area contributed by atoms with Crippen molar-refractivity contribution in [2.45, 2.75) is 39.2 Å². The van der Waals surface area contributed by atoms with Gasteiger partial charge in [0, 0.05) is 5.41 Å². The third-order valence-corrected chi connectivity index (χ3v) is 10.2. The van der Waals surface area contributed by atoms with Crippen molar-refractivity contribution in [3.63, 3.8) is 0 Å². The van der Waals surface area contributed by atoms with E-state index in [1.807, 2.05) is 12.5 Å². The first-order chi connectivity index (χ1) is 10.7. The van der Waals surface area contributed by atoms with E-state index in [0.29, 0.717) is 5.92 Å². The van der Waals surface area contributed by atoms with Crippen LogP contribution < -0.4 is 0 Å². The summed E-state index contributed by atoms with van der Waals surface area (Å²) in [5.41, 5.74) is -0.259. The average molecular weight is 377 g/mol. The molecule has 0 aromatic rings. The lowest BCUT2D eigenvalue weighted by Crippen LogP contribution is -2.45. The van der Waals surface area contributed by atoms with Gasteiger partial charge in [-0.2, -0.15) is 0 Å². The Morgan fingerprint density at radius 3 is 2.52 bits per heavy atom. The monoisotopic (exact) mass is 376 g/mol. The summed E-state index contributed by atoms with van der Waals surface area (Å²) in [5, 5.41) is 0. The molecule has 1 spiro atoms. The minimum absolute atomic E-state index is 0.00721. The normalized spacial score (nSPS) is 36.1. The van der Waals surface area contributed by atoms with Crippen LogP contribution in [0.5, 0.6) is 0 Å². The van der Waals surface area contributed by atoms with Gasteiger partial charge in [0.15, 0.2) is 0 Å². The molecule has 2 bridgehead atoms. The van der Waals surface area contributed by atoms with Crippen LogP contribution in [0.3, 0.4) is 0 Å². The maximum atomic E-state index is 12.7. The first kappa shape index (κ1) is 17.6. The zero-order valence-electron chi connectivity index (χ0n) is 14.0. The number of fused-ring (bicyclic) bond motifs is 1. The summed E-state index contributed by atoms with van der Waals surface area (Å²) in [5.74, 6) is 0.284. The number of sulfonamides is 1. The van der Waals surface area contributed by atoms with E-state index in [-0.39, 0.29) is 35.1 Å². The van der Waals surface area contributed by atoms with E-state index in [2.05, 4.69) is 18.8 Å². The number of thioether (sulfide) groups is 2. The average Bonchev–Trinajstić information content (AvgIpc) is 2.95. The number of rotatable bonds is 2. The van der Waals surface area contributed by atoms with Crippen LogP contribution in [-0.4, -0.2) is 53.9 Å². The number of amides is 1. The zero-order chi connectivity index (χ0) is 17.0. The van der Waals surface area contributed by atoms with Gasteiger partial charge in [-0.1, -0.05) is 13.8 Å². The molecule has 3 aliphatic rings. The molecule has 1 heterocycles. The molecule has 1 amide bonds. The fourth-order valence-corrected chi connectivity index (χ4v) is 8.63. The summed E-state index contributed by atoms with van der Waals surface area (Å²) < 4.78 is 27.4. The van der Waals surface area contributed by atoms with Crippen molar-refractivity contribution in [1.29, 1.82) is 0 Å². The molecule has 8 heteroatoms. The maximum Gasteiger partial charge on any atom is 0.258 e. The maximum absolute atomic E-state index is 12.7. The molecule has 0 N–H and O–H groups in total. The molecular formula is C15H24N2O3S3. The van der Waals surface area contributed by atoms with Gasteiger partial charge >= 0.3 is 0 Å². The lowest BCUT2D eigenvalue weighted by Gasteiger charge is -2.37. The first-order valence-electron chi connectivity index (χ1n) is 7.87. The van der Waals surface area contributed by atoms with Crippen molar-refractivity contribution in [3.8, 4) is 0 Å². The molecule has 3 atom stereocenters. The summed E-state index contributed by atoms with van der Waals surface area (Å²) in [7, 11) is -3.52. The Morgan fingerprint density at radius 2 is 1.96 bits per heavy atom. The van der Waals surface area contributed by atoms with Crippen LogP contribution in [0.15, 0.2) is 4.99 Å². The van der Waals surface area contributed by atoms with E-state index in [0.717, 1.165) is 23.6 Å². The minimum Gasteiger partial charge on any atom is -0.272 e. The summed E-state index contributed by atoms with van der Waals surface area (Å²) >= 11 is 2.95. The van der Waals surface area contributed by atoms with Gasteiger partial charge in [0.05, 0.1) is 11.8 Å². The largest absolute Gasteiger partial charge is 0.272 e. The predicted molar refractivity (Wildman–Crippen MR) is 97.3 cm³/mol. The molecule has 3 rings (SSSR count). The van der Waals surface area contributed by atoms with E-state index in [4.69, 9.17) is 0 Å². The second kappa shape index (κ2) is 5.66. The van der Waals surface area contributed by atoms with E-state index in [1.165, 1.54) is 27.8 Å². The number of hydrogen-bond acceptors (Lipinski definition) is 6. The van der Waals surface area contributed by atoms with Crippen molar-refractivity contribution in [3.05, 3.63) is 0 Å². The van der Waals surface area contributed by atoms with Gasteiger partial charge < -0.3 is 0 Å². The molecule has 5 nitrogen and oxygen atoms in total. The van der Waals surface area contributed by atoms with E-state index in [9.17, 15) is 13.2 Å². The second-order valence-electron chi connectivity index (χ2n) is 7.30. The van der Waals surface area contributed by atoms with E-state index < -0.39 is 10.0 Å². The second-order valence-corrected chi connectivity index (χ2v) is 11.0. The van der Waals surface area contributed by atoms with Crippen molar-refractivity contribution in [2.24, 2.45) is 21.7 Å². The van der Waals surface area contributed by atoms with Gasteiger partial charge in [0.1, 0.15) is 10.9 Å². The number of hydrogen-bond donors (Lipinski definition) is 0. The molecule has 0 aromatic carbocycles. The summed E-state index contributed by atoms with van der Waals surface area (Å²) in [6.07, 6.45) is 6.63. The van der Waals surface area contributed by atoms with E-state index in [1.54, 1.807) is 0 Å². The smallest absolute Gasteiger partial charge is 0.258 e. The Kier molecular flexibility index (Phi) is 4.33. The summed E-state index contributed by atoms with van der Waals surface area (Å²) in [6.45, 7) is 4.30. The van der Waals surface area contributed by atoms with Gasteiger partial charge in [0.2, 0.25) is 10.0 Å². The van der Waals surface area contributed by atoms with Gasteiger partial charge in [0.25, 0.3) is 5.91 Å². The van der Waals surface area contributed by atoms with Gasteiger partial charge in [-0.25, -0.2) is 12.7 Å². The van der Waals surface area contributed by atoms with Crippen molar-refractivity contribution < 1.29 is 13.2 Å². The van der Waals surface area contributed by atoms with Crippen molar-refractivity contribution >= 4 is 43.8 Å². The van der Waals surface area contributed by atoms with Crippen LogP contribution in [0, 0.1) is 16.7 Å². The van der Waals surface area contributed by atoms with Crippen LogP contribution in [0.1, 0.15) is 33.1 Å². The molecule has 0 aromatic heterocycles. The molecule has 1 aliphatic heterocycles. The lowest BCUT2D eigenvalue weighted by atomic mass is 9.69. The third-order valence-electron chi connectivity index (χ3n) is 6.35. The molecule has 3 fully saturated rings. The van der Waals surface area contributed by atoms with Crippen LogP contribution in [-0.2, 0) is 14.8 Å². The van der Waals surface area contributed by atoms with Crippen molar-refractivity contribution in [2.75, 3.05) is 24.8 Å². The fraction of sp³-hybridized carbons (Fsp3) is 0.867. The Balaban J connectivity index is 1.89. The van der Waals surface area contributed by atoms with Crippen LogP contribution in [0.25, 0.3) is 0 Å². The predicted octanol–water partition coefficient (Wildman–Crippen LogP) is 2.44. The zero-order valence-corrected chi connectivity index (χ0v) is 16.5. The summed E-state index contributed by atoms with van der Waals surface area (Å²) in [4.78, 5) is 16.9. The van der Waals surface area contributed by atoms with Gasteiger partial charge in [-0.15, -0.1) is 23.5 Å².